The van der Waals surface area contributed by atoms with Crippen molar-refractivity contribution >= 4 is 11.9 Å². The number of hydrogen-bond acceptors (Lipinski definition) is 3. The van der Waals surface area contributed by atoms with Gasteiger partial charge < -0.3 is 15.5 Å². The Morgan fingerprint density at radius 1 is 1.71 bits per heavy atom. The quantitative estimate of drug-likeness (QED) is 0.587. The van der Waals surface area contributed by atoms with Crippen LogP contribution in [0.3, 0.4) is 0 Å². The van der Waals surface area contributed by atoms with Gasteiger partial charge in [-0.1, -0.05) is 13.8 Å². The molecule has 0 aromatic rings. The summed E-state index contributed by atoms with van der Waals surface area (Å²) in [6.07, 6.45) is 0.252. The highest BCUT2D eigenvalue weighted by Gasteiger charge is 2.47. The molecule has 0 aromatic carbocycles. The average Bonchev–Trinajstić information content (AvgIpc) is 2.26. The summed E-state index contributed by atoms with van der Waals surface area (Å²) < 4.78 is 0. The van der Waals surface area contributed by atoms with Crippen LogP contribution in [0.25, 0.3) is 0 Å². The van der Waals surface area contributed by atoms with E-state index in [-0.39, 0.29) is 12.3 Å². The lowest BCUT2D eigenvalue weighted by Gasteiger charge is -2.20. The van der Waals surface area contributed by atoms with Crippen LogP contribution in [-0.4, -0.2) is 33.7 Å². The number of carbonyl (C=O) groups excluding carboxylic acids is 1. The minimum Gasteiger partial charge on any atom is -0.480 e. The second-order valence-electron chi connectivity index (χ2n) is 4.20. The number of hydrogen-bond donors (Lipinski definition) is 3. The first kappa shape index (κ1) is 11.0. The third-order valence-electron chi connectivity index (χ3n) is 2.31. The first-order chi connectivity index (χ1) is 6.35. The molecule has 0 aliphatic carbocycles. The number of carbonyl (C=O) groups is 2. The third kappa shape index (κ3) is 2.04. The summed E-state index contributed by atoms with van der Waals surface area (Å²) in [5.74, 6) is -1.52. The van der Waals surface area contributed by atoms with Gasteiger partial charge in [0.2, 0.25) is 0 Å². The minimum absolute atomic E-state index is 0.0423. The van der Waals surface area contributed by atoms with Gasteiger partial charge in [0.25, 0.3) is 5.91 Å². The highest BCUT2D eigenvalue weighted by atomic mass is 16.4. The Bertz CT molecular complexity index is 264. The van der Waals surface area contributed by atoms with Gasteiger partial charge >= 0.3 is 5.97 Å². The van der Waals surface area contributed by atoms with Crippen molar-refractivity contribution in [3.63, 3.8) is 0 Å². The largest absolute Gasteiger partial charge is 0.480 e. The van der Waals surface area contributed by atoms with Crippen LogP contribution in [0.2, 0.25) is 0 Å². The van der Waals surface area contributed by atoms with Crippen molar-refractivity contribution in [2.45, 2.75) is 38.3 Å². The molecule has 1 amide bonds. The Morgan fingerprint density at radius 3 is 2.64 bits per heavy atom. The SMILES string of the molecule is CC(C)C[C@]1(O)C[C@@H](C(=O)O)NC1=O. The van der Waals surface area contributed by atoms with Crippen LogP contribution in [0.15, 0.2) is 0 Å². The molecule has 1 aliphatic rings. The molecule has 0 unspecified atom stereocenters. The summed E-state index contributed by atoms with van der Waals surface area (Å²) in [5.41, 5.74) is -1.50. The van der Waals surface area contributed by atoms with E-state index in [0.29, 0.717) is 6.42 Å². The summed E-state index contributed by atoms with van der Waals surface area (Å²) >= 11 is 0. The van der Waals surface area contributed by atoms with Gasteiger partial charge in [0, 0.05) is 6.42 Å². The Morgan fingerprint density at radius 2 is 2.29 bits per heavy atom. The Labute approximate surface area is 82.1 Å². The van der Waals surface area contributed by atoms with Gasteiger partial charge in [-0.25, -0.2) is 4.79 Å². The molecule has 0 radical (unpaired) electrons. The summed E-state index contributed by atoms with van der Waals surface area (Å²) in [7, 11) is 0. The van der Waals surface area contributed by atoms with Gasteiger partial charge in [0.05, 0.1) is 0 Å². The van der Waals surface area contributed by atoms with Crippen molar-refractivity contribution in [2.75, 3.05) is 0 Å². The standard InChI is InChI=1S/C9H15NO4/c1-5(2)3-9(14)4-6(7(11)12)10-8(9)13/h5-6,14H,3-4H2,1-2H3,(H,10,13)(H,11,12)/t6-,9-/m0/s1. The monoisotopic (exact) mass is 201 g/mol. The van der Waals surface area contributed by atoms with E-state index >= 15 is 0 Å². The highest BCUT2D eigenvalue weighted by Crippen LogP contribution is 2.27. The predicted octanol–water partition coefficient (Wildman–Crippen LogP) is -0.263. The normalized spacial score (nSPS) is 32.0. The summed E-state index contributed by atoms with van der Waals surface area (Å²) in [4.78, 5) is 21.9. The van der Waals surface area contributed by atoms with E-state index in [1.807, 2.05) is 13.8 Å². The second kappa shape index (κ2) is 3.57. The Balaban J connectivity index is 2.72. The molecule has 1 aliphatic heterocycles. The zero-order valence-corrected chi connectivity index (χ0v) is 8.28. The van der Waals surface area contributed by atoms with Crippen LogP contribution in [0.5, 0.6) is 0 Å². The number of amides is 1. The summed E-state index contributed by atoms with van der Waals surface area (Å²) in [6, 6.07) is -0.953. The van der Waals surface area contributed by atoms with E-state index < -0.39 is 23.5 Å². The molecule has 5 nitrogen and oxygen atoms in total. The summed E-state index contributed by atoms with van der Waals surface area (Å²) in [6.45, 7) is 3.75. The van der Waals surface area contributed by atoms with Crippen molar-refractivity contribution in [3.8, 4) is 0 Å². The molecule has 1 rings (SSSR count). The zero-order chi connectivity index (χ0) is 10.9. The fourth-order valence-corrected chi connectivity index (χ4v) is 1.77. The predicted molar refractivity (Wildman–Crippen MR) is 48.6 cm³/mol. The Hall–Kier alpha value is -1.10. The van der Waals surface area contributed by atoms with Crippen LogP contribution >= 0.6 is 0 Å². The van der Waals surface area contributed by atoms with E-state index in [4.69, 9.17) is 5.11 Å². The maximum Gasteiger partial charge on any atom is 0.326 e. The topological polar surface area (TPSA) is 86.6 Å². The van der Waals surface area contributed by atoms with E-state index in [1.165, 1.54) is 0 Å². The second-order valence-corrected chi connectivity index (χ2v) is 4.20. The van der Waals surface area contributed by atoms with Crippen molar-refractivity contribution in [1.29, 1.82) is 0 Å². The van der Waals surface area contributed by atoms with Gasteiger partial charge in [0.1, 0.15) is 11.6 Å². The molecule has 0 bridgehead atoms. The first-order valence-electron chi connectivity index (χ1n) is 4.61. The van der Waals surface area contributed by atoms with Crippen molar-refractivity contribution in [1.82, 2.24) is 5.32 Å². The van der Waals surface area contributed by atoms with E-state index in [2.05, 4.69) is 5.32 Å². The Kier molecular flexibility index (Phi) is 2.80. The van der Waals surface area contributed by atoms with Gasteiger partial charge in [-0.3, -0.25) is 4.79 Å². The average molecular weight is 201 g/mol. The van der Waals surface area contributed by atoms with Gasteiger partial charge in [-0.2, -0.15) is 0 Å². The van der Waals surface area contributed by atoms with E-state index in [0.717, 1.165) is 0 Å². The molecule has 2 atom stereocenters. The highest BCUT2D eigenvalue weighted by molar-refractivity contribution is 5.93. The van der Waals surface area contributed by atoms with Gasteiger partial charge in [-0.15, -0.1) is 0 Å². The van der Waals surface area contributed by atoms with Crippen LogP contribution in [0.4, 0.5) is 0 Å². The fraction of sp³-hybridized carbons (Fsp3) is 0.778. The molecule has 14 heavy (non-hydrogen) atoms. The lowest BCUT2D eigenvalue weighted by molar-refractivity contribution is -0.140. The first-order valence-corrected chi connectivity index (χ1v) is 4.61. The van der Waals surface area contributed by atoms with Crippen LogP contribution in [0, 0.1) is 5.92 Å². The molecule has 0 spiro atoms. The fourth-order valence-electron chi connectivity index (χ4n) is 1.77. The molecule has 0 aromatic heterocycles. The maximum absolute atomic E-state index is 11.3. The summed E-state index contributed by atoms with van der Waals surface area (Å²) in [5, 5.41) is 20.8. The molecule has 80 valence electrons. The van der Waals surface area contributed by atoms with E-state index in [9.17, 15) is 14.7 Å². The molecule has 1 fully saturated rings. The third-order valence-corrected chi connectivity index (χ3v) is 2.31. The minimum atomic E-state index is -1.50. The smallest absolute Gasteiger partial charge is 0.326 e. The van der Waals surface area contributed by atoms with Crippen LogP contribution in [0.1, 0.15) is 26.7 Å². The number of aliphatic carboxylic acids is 1. The number of aliphatic hydroxyl groups is 1. The van der Waals surface area contributed by atoms with Crippen molar-refractivity contribution < 1.29 is 19.8 Å². The zero-order valence-electron chi connectivity index (χ0n) is 8.28. The number of rotatable bonds is 3. The van der Waals surface area contributed by atoms with Crippen LogP contribution < -0.4 is 5.32 Å². The molecule has 0 saturated carbocycles. The molecule has 5 heteroatoms. The molecule has 3 N–H and O–H groups in total. The van der Waals surface area contributed by atoms with Gasteiger partial charge in [0.15, 0.2) is 0 Å². The number of carboxylic acid groups (broad SMARTS) is 1. The lowest BCUT2D eigenvalue weighted by atomic mass is 9.89. The van der Waals surface area contributed by atoms with E-state index in [1.54, 1.807) is 0 Å². The molecule has 1 heterocycles. The number of nitrogens with one attached hydrogen (secondary N) is 1. The van der Waals surface area contributed by atoms with Crippen molar-refractivity contribution in [3.05, 3.63) is 0 Å². The van der Waals surface area contributed by atoms with Crippen LogP contribution in [-0.2, 0) is 9.59 Å². The van der Waals surface area contributed by atoms with Gasteiger partial charge in [-0.05, 0) is 12.3 Å². The number of carboxylic acids is 1. The van der Waals surface area contributed by atoms with Crippen molar-refractivity contribution in [2.24, 2.45) is 5.92 Å². The molecule has 1 saturated heterocycles. The lowest BCUT2D eigenvalue weighted by Crippen LogP contribution is -2.39. The maximum atomic E-state index is 11.3. The molecular weight excluding hydrogens is 186 g/mol. The molecular formula is C9H15NO4.